The van der Waals surface area contributed by atoms with Gasteiger partial charge in [0.25, 0.3) is 5.91 Å². The molecule has 15 heavy (non-hydrogen) atoms. The number of thioether (sulfide) groups is 1. The van der Waals surface area contributed by atoms with Gasteiger partial charge in [-0.3, -0.25) is 9.69 Å². The summed E-state index contributed by atoms with van der Waals surface area (Å²) >= 11 is 1.52. The average molecular weight is 225 g/mol. The highest BCUT2D eigenvalue weighted by Crippen LogP contribution is 2.48. The standard InChI is InChI=1S/C10H11NO3S/c1-4-6-8(12)11-7(10(13)14-3)5(2)15-9(6)11/h4,9H,1-3H3/b6-4-. The van der Waals surface area contributed by atoms with Crippen molar-refractivity contribution < 1.29 is 14.3 Å². The lowest BCUT2D eigenvalue weighted by atomic mass is 10.1. The molecule has 4 nitrogen and oxygen atoms in total. The van der Waals surface area contributed by atoms with E-state index in [1.54, 1.807) is 6.08 Å². The third kappa shape index (κ3) is 1.23. The van der Waals surface area contributed by atoms with Crippen LogP contribution in [0.1, 0.15) is 13.8 Å². The van der Waals surface area contributed by atoms with E-state index in [-0.39, 0.29) is 11.3 Å². The van der Waals surface area contributed by atoms with Crippen LogP contribution in [0.2, 0.25) is 0 Å². The normalized spacial score (nSPS) is 26.9. The lowest BCUT2D eigenvalue weighted by molar-refractivity contribution is -0.143. The number of carbonyl (C=O) groups excluding carboxylic acids is 2. The molecule has 0 aromatic rings. The summed E-state index contributed by atoms with van der Waals surface area (Å²) in [7, 11) is 1.32. The Morgan fingerprint density at radius 2 is 2.27 bits per heavy atom. The van der Waals surface area contributed by atoms with Crippen molar-refractivity contribution >= 4 is 23.6 Å². The SMILES string of the molecule is C/C=C1/C(=O)N2C(C(=O)OC)=C(C)SC12. The van der Waals surface area contributed by atoms with E-state index < -0.39 is 5.97 Å². The molecule has 2 heterocycles. The summed E-state index contributed by atoms with van der Waals surface area (Å²) in [6, 6.07) is 0. The topological polar surface area (TPSA) is 46.6 Å². The number of allylic oxidation sites excluding steroid dienone is 2. The Bertz CT molecular complexity index is 411. The van der Waals surface area contributed by atoms with Crippen LogP contribution < -0.4 is 0 Å². The maximum atomic E-state index is 11.7. The highest BCUT2D eigenvalue weighted by atomic mass is 32.2. The highest BCUT2D eigenvalue weighted by molar-refractivity contribution is 8.04. The van der Waals surface area contributed by atoms with Gasteiger partial charge in [-0.1, -0.05) is 17.8 Å². The van der Waals surface area contributed by atoms with E-state index >= 15 is 0 Å². The zero-order chi connectivity index (χ0) is 11.2. The van der Waals surface area contributed by atoms with E-state index in [9.17, 15) is 9.59 Å². The van der Waals surface area contributed by atoms with Gasteiger partial charge in [0.05, 0.1) is 7.11 Å². The van der Waals surface area contributed by atoms with Crippen molar-refractivity contribution in [2.75, 3.05) is 7.11 Å². The summed E-state index contributed by atoms with van der Waals surface area (Å²) in [4.78, 5) is 25.4. The molecule has 1 saturated heterocycles. The van der Waals surface area contributed by atoms with Crippen molar-refractivity contribution in [3.05, 3.63) is 22.3 Å². The highest BCUT2D eigenvalue weighted by Gasteiger charge is 2.51. The number of amides is 1. The molecule has 0 aromatic carbocycles. The Balaban J connectivity index is 2.33. The molecule has 1 atom stereocenters. The van der Waals surface area contributed by atoms with Crippen molar-refractivity contribution in [1.82, 2.24) is 4.90 Å². The Morgan fingerprint density at radius 3 is 2.80 bits per heavy atom. The van der Waals surface area contributed by atoms with Crippen molar-refractivity contribution in [3.8, 4) is 0 Å². The zero-order valence-corrected chi connectivity index (χ0v) is 9.55. The smallest absolute Gasteiger partial charge is 0.355 e. The van der Waals surface area contributed by atoms with Gasteiger partial charge in [-0.2, -0.15) is 0 Å². The summed E-state index contributed by atoms with van der Waals surface area (Å²) < 4.78 is 4.65. The first kappa shape index (κ1) is 10.3. The number of nitrogens with zero attached hydrogens (tertiary/aromatic N) is 1. The van der Waals surface area contributed by atoms with E-state index in [1.165, 1.54) is 23.8 Å². The Hall–Kier alpha value is -1.23. The predicted octanol–water partition coefficient (Wildman–Crippen LogP) is 1.25. The summed E-state index contributed by atoms with van der Waals surface area (Å²) in [5.41, 5.74) is 1.15. The summed E-state index contributed by atoms with van der Waals surface area (Å²) in [6.45, 7) is 3.66. The molecule has 0 N–H and O–H groups in total. The number of methoxy groups -OCH3 is 1. The van der Waals surface area contributed by atoms with Crippen molar-refractivity contribution in [2.45, 2.75) is 19.2 Å². The van der Waals surface area contributed by atoms with E-state index in [0.717, 1.165) is 10.5 Å². The Labute approximate surface area is 92.0 Å². The number of carbonyl (C=O) groups is 2. The van der Waals surface area contributed by atoms with Gasteiger partial charge < -0.3 is 4.74 Å². The summed E-state index contributed by atoms with van der Waals surface area (Å²) in [5.74, 6) is -0.529. The lowest BCUT2D eigenvalue weighted by Gasteiger charge is -2.37. The number of β-lactam (4-membered cyclic amide) rings is 1. The number of fused-ring (bicyclic) bond motifs is 1. The van der Waals surface area contributed by atoms with Gasteiger partial charge in [-0.05, 0) is 13.8 Å². The minimum absolute atomic E-state index is 0.0170. The largest absolute Gasteiger partial charge is 0.464 e. The molecule has 1 unspecified atom stereocenters. The van der Waals surface area contributed by atoms with Crippen LogP contribution in [0.4, 0.5) is 0 Å². The Kier molecular flexibility index (Phi) is 2.34. The molecule has 0 aliphatic carbocycles. The van der Waals surface area contributed by atoms with Crippen LogP contribution in [0, 0.1) is 0 Å². The molecule has 5 heteroatoms. The molecule has 2 rings (SSSR count). The van der Waals surface area contributed by atoms with Crippen molar-refractivity contribution in [1.29, 1.82) is 0 Å². The fourth-order valence-electron chi connectivity index (χ4n) is 1.76. The second-order valence-electron chi connectivity index (χ2n) is 3.29. The molecule has 1 fully saturated rings. The quantitative estimate of drug-likeness (QED) is 0.383. The predicted molar refractivity (Wildman–Crippen MR) is 56.7 cm³/mol. The van der Waals surface area contributed by atoms with Crippen LogP contribution in [0.3, 0.4) is 0 Å². The third-order valence-electron chi connectivity index (χ3n) is 2.52. The Morgan fingerprint density at radius 1 is 1.60 bits per heavy atom. The molecule has 2 aliphatic heterocycles. The van der Waals surface area contributed by atoms with Crippen molar-refractivity contribution in [3.63, 3.8) is 0 Å². The van der Waals surface area contributed by atoms with Gasteiger partial charge in [0.2, 0.25) is 0 Å². The van der Waals surface area contributed by atoms with Crippen LogP contribution in [0.25, 0.3) is 0 Å². The molecular weight excluding hydrogens is 214 g/mol. The van der Waals surface area contributed by atoms with Gasteiger partial charge in [0, 0.05) is 10.5 Å². The second-order valence-corrected chi connectivity index (χ2v) is 4.58. The molecule has 0 spiro atoms. The monoisotopic (exact) mass is 225 g/mol. The van der Waals surface area contributed by atoms with E-state index in [1.807, 2.05) is 13.8 Å². The minimum Gasteiger partial charge on any atom is -0.464 e. The van der Waals surface area contributed by atoms with Gasteiger partial charge >= 0.3 is 5.97 Å². The molecule has 80 valence electrons. The van der Waals surface area contributed by atoms with Crippen LogP contribution in [-0.4, -0.2) is 29.3 Å². The molecular formula is C10H11NO3S. The molecule has 0 radical (unpaired) electrons. The number of hydrogen-bond donors (Lipinski definition) is 0. The van der Waals surface area contributed by atoms with E-state index in [4.69, 9.17) is 0 Å². The van der Waals surface area contributed by atoms with Crippen LogP contribution in [0.5, 0.6) is 0 Å². The maximum absolute atomic E-state index is 11.7. The zero-order valence-electron chi connectivity index (χ0n) is 8.73. The van der Waals surface area contributed by atoms with Gasteiger partial charge in [0.1, 0.15) is 11.1 Å². The molecule has 0 saturated carbocycles. The first-order valence-electron chi connectivity index (χ1n) is 4.57. The lowest BCUT2D eigenvalue weighted by Crippen LogP contribution is -2.51. The fraction of sp³-hybridized carbons (Fsp3) is 0.400. The second kappa shape index (κ2) is 3.41. The molecule has 0 aromatic heterocycles. The fourth-order valence-corrected chi connectivity index (χ4v) is 3.06. The molecule has 2 aliphatic rings. The van der Waals surface area contributed by atoms with E-state index in [0.29, 0.717) is 5.70 Å². The summed E-state index contributed by atoms with van der Waals surface area (Å²) in [6.07, 6.45) is 1.80. The van der Waals surface area contributed by atoms with Gasteiger partial charge in [-0.15, -0.1) is 0 Å². The first-order chi connectivity index (χ1) is 7.11. The number of rotatable bonds is 1. The van der Waals surface area contributed by atoms with Gasteiger partial charge in [-0.25, -0.2) is 4.79 Å². The third-order valence-corrected chi connectivity index (χ3v) is 3.75. The number of ether oxygens (including phenoxy) is 1. The van der Waals surface area contributed by atoms with E-state index in [2.05, 4.69) is 4.74 Å². The van der Waals surface area contributed by atoms with Crippen LogP contribution >= 0.6 is 11.8 Å². The molecule has 1 amide bonds. The maximum Gasteiger partial charge on any atom is 0.355 e. The molecule has 0 bridgehead atoms. The first-order valence-corrected chi connectivity index (χ1v) is 5.45. The van der Waals surface area contributed by atoms with Crippen molar-refractivity contribution in [2.24, 2.45) is 0 Å². The average Bonchev–Trinajstić information content (AvgIpc) is 2.52. The minimum atomic E-state index is -0.439. The van der Waals surface area contributed by atoms with Gasteiger partial charge in [0.15, 0.2) is 0 Å². The number of esters is 1. The number of hydrogen-bond acceptors (Lipinski definition) is 4. The van der Waals surface area contributed by atoms with Crippen LogP contribution in [0.15, 0.2) is 22.3 Å². The van der Waals surface area contributed by atoms with Crippen LogP contribution in [-0.2, 0) is 14.3 Å². The summed E-state index contributed by atoms with van der Waals surface area (Å²) in [5, 5.41) is -0.0170.